The van der Waals surface area contributed by atoms with Crippen LogP contribution in [0.4, 0.5) is 17.6 Å². The van der Waals surface area contributed by atoms with E-state index >= 15 is 0 Å². The topological polar surface area (TPSA) is 42.9 Å². The maximum Gasteiger partial charge on any atom is 0.401 e. The summed E-state index contributed by atoms with van der Waals surface area (Å²) < 4.78 is 51.4. The largest absolute Gasteiger partial charge is 0.401 e. The second-order valence-electron chi connectivity index (χ2n) is 8.24. The molecule has 10 heteroatoms. The molecule has 1 unspecified atom stereocenters. The number of halogens is 5. The fourth-order valence-electron chi connectivity index (χ4n) is 4.19. The Kier molecular flexibility index (Phi) is 10.3. The molecule has 3 rings (SSSR count). The summed E-state index contributed by atoms with van der Waals surface area (Å²) in [5.74, 6) is 0.977. The first-order valence-corrected chi connectivity index (χ1v) is 10.5. The first kappa shape index (κ1) is 26.1. The highest BCUT2D eigenvalue weighted by Gasteiger charge is 2.34. The van der Waals surface area contributed by atoms with Crippen LogP contribution >= 0.6 is 24.0 Å². The Morgan fingerprint density at radius 2 is 1.77 bits per heavy atom. The molecular formula is C21H32F4IN5. The average Bonchev–Trinajstić information content (AvgIpc) is 3.13. The van der Waals surface area contributed by atoms with Gasteiger partial charge in [-0.1, -0.05) is 18.2 Å². The summed E-state index contributed by atoms with van der Waals surface area (Å²) in [4.78, 5) is 7.92. The van der Waals surface area contributed by atoms with Gasteiger partial charge in [-0.15, -0.1) is 24.0 Å². The van der Waals surface area contributed by atoms with Crippen molar-refractivity contribution in [2.24, 2.45) is 10.9 Å². The Bertz CT molecular complexity index is 707. The monoisotopic (exact) mass is 557 g/mol. The standard InChI is InChI=1S/C21H31F4N5.HI/c1-26-20(28-18-8-11-30(14-18)15-21(23,24)25)27-12-16-6-9-29(10-7-16)13-17-4-2-3-5-19(17)22;/h2-5,16,18H,6-15H2,1H3,(H2,26,27,28);1H. The van der Waals surface area contributed by atoms with Crippen molar-refractivity contribution in [1.82, 2.24) is 20.4 Å². The Morgan fingerprint density at radius 3 is 2.42 bits per heavy atom. The lowest BCUT2D eigenvalue weighted by atomic mass is 9.96. The van der Waals surface area contributed by atoms with Crippen molar-refractivity contribution in [2.45, 2.75) is 38.0 Å². The molecule has 5 nitrogen and oxygen atoms in total. The molecule has 0 radical (unpaired) electrons. The van der Waals surface area contributed by atoms with Crippen LogP contribution in [-0.4, -0.2) is 74.3 Å². The van der Waals surface area contributed by atoms with Gasteiger partial charge in [-0.05, 0) is 44.3 Å². The molecule has 0 bridgehead atoms. The average molecular weight is 557 g/mol. The summed E-state index contributed by atoms with van der Waals surface area (Å²) in [5.41, 5.74) is 0.731. The third kappa shape index (κ3) is 8.72. The molecule has 176 valence electrons. The summed E-state index contributed by atoms with van der Waals surface area (Å²) in [5, 5.41) is 6.57. The molecule has 0 spiro atoms. The molecule has 2 fully saturated rings. The van der Waals surface area contributed by atoms with Gasteiger partial charge in [0.2, 0.25) is 0 Å². The van der Waals surface area contributed by atoms with Gasteiger partial charge in [0.15, 0.2) is 5.96 Å². The van der Waals surface area contributed by atoms with Gasteiger partial charge in [0.25, 0.3) is 0 Å². The fraction of sp³-hybridized carbons (Fsp3) is 0.667. The number of piperidine rings is 1. The zero-order valence-corrected chi connectivity index (χ0v) is 20.1. The number of alkyl halides is 3. The summed E-state index contributed by atoms with van der Waals surface area (Å²) in [6.07, 6.45) is -1.45. The Hall–Kier alpha value is -1.14. The van der Waals surface area contributed by atoms with Gasteiger partial charge in [-0.3, -0.25) is 14.8 Å². The fourth-order valence-corrected chi connectivity index (χ4v) is 4.19. The lowest BCUT2D eigenvalue weighted by molar-refractivity contribution is -0.143. The van der Waals surface area contributed by atoms with E-state index in [0.29, 0.717) is 37.9 Å². The van der Waals surface area contributed by atoms with Crippen molar-refractivity contribution < 1.29 is 17.6 Å². The number of rotatable bonds is 6. The Labute approximate surface area is 198 Å². The van der Waals surface area contributed by atoms with E-state index in [0.717, 1.165) is 38.0 Å². The van der Waals surface area contributed by atoms with E-state index in [1.54, 1.807) is 13.1 Å². The minimum Gasteiger partial charge on any atom is -0.356 e. The lowest BCUT2D eigenvalue weighted by Gasteiger charge is -2.32. The highest BCUT2D eigenvalue weighted by molar-refractivity contribution is 14.0. The van der Waals surface area contributed by atoms with E-state index in [2.05, 4.69) is 20.5 Å². The van der Waals surface area contributed by atoms with Crippen molar-refractivity contribution in [2.75, 3.05) is 46.3 Å². The van der Waals surface area contributed by atoms with Crippen molar-refractivity contribution in [1.29, 1.82) is 0 Å². The van der Waals surface area contributed by atoms with Crippen molar-refractivity contribution in [3.05, 3.63) is 35.6 Å². The number of hydrogen-bond acceptors (Lipinski definition) is 3. The number of guanidine groups is 1. The molecule has 31 heavy (non-hydrogen) atoms. The second-order valence-corrected chi connectivity index (χ2v) is 8.24. The van der Waals surface area contributed by atoms with Gasteiger partial charge in [-0.25, -0.2) is 4.39 Å². The first-order valence-electron chi connectivity index (χ1n) is 10.5. The number of nitrogens with zero attached hydrogens (tertiary/aromatic N) is 3. The van der Waals surface area contributed by atoms with Gasteiger partial charge in [0.1, 0.15) is 5.82 Å². The van der Waals surface area contributed by atoms with Crippen LogP contribution in [-0.2, 0) is 6.54 Å². The molecule has 2 N–H and O–H groups in total. The Balaban J connectivity index is 0.00000341. The molecule has 0 saturated carbocycles. The first-order chi connectivity index (χ1) is 14.3. The van der Waals surface area contributed by atoms with Crippen molar-refractivity contribution >= 4 is 29.9 Å². The van der Waals surface area contributed by atoms with Crippen LogP contribution in [0.1, 0.15) is 24.8 Å². The lowest BCUT2D eigenvalue weighted by Crippen LogP contribution is -2.47. The second kappa shape index (κ2) is 12.2. The number of nitrogens with one attached hydrogen (secondary N) is 2. The molecule has 1 aromatic carbocycles. The summed E-state index contributed by atoms with van der Waals surface area (Å²) >= 11 is 0. The van der Waals surface area contributed by atoms with E-state index in [4.69, 9.17) is 0 Å². The minimum atomic E-state index is -4.16. The molecule has 2 aliphatic rings. The van der Waals surface area contributed by atoms with Gasteiger partial charge in [0.05, 0.1) is 6.54 Å². The van der Waals surface area contributed by atoms with E-state index < -0.39 is 12.7 Å². The molecule has 1 aromatic rings. The SMILES string of the molecule is CN=C(NCC1CCN(Cc2ccccc2F)CC1)NC1CCN(CC(F)(F)F)C1.I. The van der Waals surface area contributed by atoms with Crippen LogP contribution in [0.2, 0.25) is 0 Å². The number of likely N-dealkylation sites (tertiary alicyclic amines) is 2. The van der Waals surface area contributed by atoms with Crippen LogP contribution in [0.3, 0.4) is 0 Å². The minimum absolute atomic E-state index is 0. The van der Waals surface area contributed by atoms with Gasteiger partial charge in [0, 0.05) is 44.8 Å². The van der Waals surface area contributed by atoms with Crippen LogP contribution in [0.5, 0.6) is 0 Å². The maximum absolute atomic E-state index is 13.8. The zero-order valence-electron chi connectivity index (χ0n) is 17.8. The number of aliphatic imine (C=N–C) groups is 1. The predicted molar refractivity (Wildman–Crippen MR) is 125 cm³/mol. The van der Waals surface area contributed by atoms with Crippen LogP contribution < -0.4 is 10.6 Å². The van der Waals surface area contributed by atoms with Crippen molar-refractivity contribution in [3.63, 3.8) is 0 Å². The normalized spacial score (nSPS) is 21.7. The molecule has 0 amide bonds. The Morgan fingerprint density at radius 1 is 1.10 bits per heavy atom. The summed E-state index contributed by atoms with van der Waals surface area (Å²) in [6, 6.07) is 6.87. The van der Waals surface area contributed by atoms with Gasteiger partial charge in [-0.2, -0.15) is 13.2 Å². The molecular weight excluding hydrogens is 525 g/mol. The molecule has 0 aliphatic carbocycles. The van der Waals surface area contributed by atoms with E-state index in [-0.39, 0.29) is 35.8 Å². The van der Waals surface area contributed by atoms with Gasteiger partial charge >= 0.3 is 6.18 Å². The number of benzene rings is 1. The summed E-state index contributed by atoms with van der Waals surface area (Å²) in [7, 11) is 1.68. The van der Waals surface area contributed by atoms with E-state index in [1.807, 2.05) is 12.1 Å². The highest BCUT2D eigenvalue weighted by Crippen LogP contribution is 2.21. The van der Waals surface area contributed by atoms with Gasteiger partial charge < -0.3 is 10.6 Å². The maximum atomic E-state index is 13.8. The number of hydrogen-bond donors (Lipinski definition) is 2. The third-order valence-corrected chi connectivity index (χ3v) is 5.86. The zero-order chi connectivity index (χ0) is 21.6. The summed E-state index contributed by atoms with van der Waals surface area (Å²) in [6.45, 7) is 3.19. The van der Waals surface area contributed by atoms with Crippen LogP contribution in [0.15, 0.2) is 29.3 Å². The quantitative estimate of drug-likeness (QED) is 0.244. The van der Waals surface area contributed by atoms with Crippen LogP contribution in [0.25, 0.3) is 0 Å². The molecule has 2 aliphatic heterocycles. The van der Waals surface area contributed by atoms with Crippen LogP contribution in [0, 0.1) is 11.7 Å². The third-order valence-electron chi connectivity index (χ3n) is 5.86. The smallest absolute Gasteiger partial charge is 0.356 e. The van der Waals surface area contributed by atoms with E-state index in [9.17, 15) is 17.6 Å². The predicted octanol–water partition coefficient (Wildman–Crippen LogP) is 3.46. The van der Waals surface area contributed by atoms with E-state index in [1.165, 1.54) is 11.0 Å². The molecule has 2 heterocycles. The molecule has 1 atom stereocenters. The molecule has 2 saturated heterocycles. The molecule has 0 aromatic heterocycles. The van der Waals surface area contributed by atoms with Crippen molar-refractivity contribution in [3.8, 4) is 0 Å². The highest BCUT2D eigenvalue weighted by atomic mass is 127.